The Morgan fingerprint density at radius 2 is 1.57 bits per heavy atom. The average Bonchev–Trinajstić information content (AvgIpc) is 1.95. The summed E-state index contributed by atoms with van der Waals surface area (Å²) in [6, 6.07) is 0. The van der Waals surface area contributed by atoms with E-state index in [0.717, 1.165) is 6.21 Å². The molecule has 0 heterocycles. The minimum absolute atomic E-state index is 0.282. The molecule has 4 heteroatoms. The molecule has 0 amide bonds. The van der Waals surface area contributed by atoms with Gasteiger partial charge in [-0.3, -0.25) is 4.99 Å². The Labute approximate surface area is 82.0 Å². The van der Waals surface area contributed by atoms with Crippen LogP contribution in [0.2, 0.25) is 0 Å². The van der Waals surface area contributed by atoms with Gasteiger partial charge < -0.3 is 0 Å². The van der Waals surface area contributed by atoms with Crippen molar-refractivity contribution in [2.45, 2.75) is 26.9 Å². The number of nitrogens with zero attached hydrogens (tertiary/aromatic N) is 1. The van der Waals surface area contributed by atoms with Crippen molar-refractivity contribution in [3.05, 3.63) is 24.4 Å². The summed E-state index contributed by atoms with van der Waals surface area (Å²) in [5.74, 6) is 0. The van der Waals surface area contributed by atoms with Crippen LogP contribution in [-0.2, 0) is 0 Å². The topological polar surface area (TPSA) is 12.4 Å². The fraction of sp³-hybridized carbons (Fsp3) is 0.500. The fourth-order valence-electron chi connectivity index (χ4n) is 0.423. The van der Waals surface area contributed by atoms with Crippen LogP contribution < -0.4 is 0 Å². The van der Waals surface area contributed by atoms with E-state index in [2.05, 4.69) is 18.2 Å². The van der Waals surface area contributed by atoms with Crippen LogP contribution >= 0.6 is 0 Å². The number of alkyl halides is 3. The maximum Gasteiger partial charge on any atom is 0.432 e. The van der Waals surface area contributed by atoms with Gasteiger partial charge in [0.15, 0.2) is 0 Å². The van der Waals surface area contributed by atoms with E-state index in [-0.39, 0.29) is 5.41 Å². The first kappa shape index (κ1) is 12.9. The van der Waals surface area contributed by atoms with Gasteiger partial charge in [0.2, 0.25) is 0 Å². The first-order valence-electron chi connectivity index (χ1n) is 4.04. The molecule has 0 aromatic carbocycles. The summed E-state index contributed by atoms with van der Waals surface area (Å²) >= 11 is 0. The second kappa shape index (κ2) is 3.98. The molecule has 0 radical (unpaired) electrons. The maximum atomic E-state index is 12.0. The zero-order chi connectivity index (χ0) is 11.6. The number of hydrogen-bond donors (Lipinski definition) is 0. The van der Waals surface area contributed by atoms with Crippen LogP contribution in [0.4, 0.5) is 13.2 Å². The van der Waals surface area contributed by atoms with Crippen molar-refractivity contribution in [2.24, 2.45) is 10.4 Å². The lowest BCUT2D eigenvalue weighted by Crippen LogP contribution is -2.12. The predicted molar refractivity (Wildman–Crippen MR) is 52.3 cm³/mol. The molecule has 80 valence electrons. The Morgan fingerprint density at radius 1 is 1.14 bits per heavy atom. The lowest BCUT2D eigenvalue weighted by Gasteiger charge is -2.18. The van der Waals surface area contributed by atoms with Crippen molar-refractivity contribution < 1.29 is 13.2 Å². The Morgan fingerprint density at radius 3 is 1.86 bits per heavy atom. The maximum absolute atomic E-state index is 12.0. The largest absolute Gasteiger partial charge is 0.432 e. The first-order chi connectivity index (χ1) is 6.05. The van der Waals surface area contributed by atoms with Crippen LogP contribution in [0.25, 0.3) is 0 Å². The van der Waals surface area contributed by atoms with Gasteiger partial charge in [-0.15, -0.1) is 0 Å². The van der Waals surface area contributed by atoms with E-state index < -0.39 is 11.9 Å². The summed E-state index contributed by atoms with van der Waals surface area (Å²) in [6.07, 6.45) is -3.36. The van der Waals surface area contributed by atoms with Crippen LogP contribution in [0.1, 0.15) is 20.8 Å². The van der Waals surface area contributed by atoms with Gasteiger partial charge in [0.25, 0.3) is 0 Å². The molecular formula is C10H14F3N. The molecule has 0 saturated carbocycles. The van der Waals surface area contributed by atoms with E-state index in [0.29, 0.717) is 5.57 Å². The molecule has 0 rings (SSSR count). The third-order valence-electron chi connectivity index (χ3n) is 1.67. The van der Waals surface area contributed by atoms with Crippen LogP contribution in [0.5, 0.6) is 0 Å². The molecule has 0 aromatic heterocycles. The second-order valence-corrected chi connectivity index (χ2v) is 3.98. The van der Waals surface area contributed by atoms with Crippen molar-refractivity contribution >= 4 is 6.21 Å². The number of aliphatic imine (C=N–C) groups is 1. The van der Waals surface area contributed by atoms with Crippen molar-refractivity contribution in [1.29, 1.82) is 0 Å². The monoisotopic (exact) mass is 205 g/mol. The Bertz CT molecular complexity index is 238. The summed E-state index contributed by atoms with van der Waals surface area (Å²) in [7, 11) is 0. The van der Waals surface area contributed by atoms with Crippen LogP contribution in [0.3, 0.4) is 0 Å². The average molecular weight is 205 g/mol. The smallest absolute Gasteiger partial charge is 0.252 e. The summed E-state index contributed by atoms with van der Waals surface area (Å²) < 4.78 is 35.9. The Kier molecular flexibility index (Phi) is 3.68. The minimum atomic E-state index is -4.46. The summed E-state index contributed by atoms with van der Waals surface area (Å²) in [5, 5.41) is 0. The molecule has 0 saturated heterocycles. The highest BCUT2D eigenvalue weighted by Gasteiger charge is 2.31. The molecule has 0 unspecified atom stereocenters. The summed E-state index contributed by atoms with van der Waals surface area (Å²) in [4.78, 5) is 3.22. The molecule has 0 aromatic rings. The van der Waals surface area contributed by atoms with Gasteiger partial charge in [-0.2, -0.15) is 13.2 Å². The van der Waals surface area contributed by atoms with Crippen LogP contribution in [0, 0.1) is 5.41 Å². The van der Waals surface area contributed by atoms with Crippen molar-refractivity contribution in [2.75, 3.05) is 0 Å². The number of hydrogen-bond acceptors (Lipinski definition) is 1. The number of rotatable bonds is 2. The van der Waals surface area contributed by atoms with Crippen molar-refractivity contribution in [1.82, 2.24) is 0 Å². The molecule has 0 aliphatic carbocycles. The van der Waals surface area contributed by atoms with Crippen molar-refractivity contribution in [3.63, 3.8) is 0 Å². The quantitative estimate of drug-likeness (QED) is 0.609. The van der Waals surface area contributed by atoms with Gasteiger partial charge in [-0.05, 0) is 11.0 Å². The highest BCUT2D eigenvalue weighted by atomic mass is 19.4. The molecule has 0 bridgehead atoms. The molecule has 1 nitrogen and oxygen atoms in total. The fourth-order valence-corrected chi connectivity index (χ4v) is 0.423. The first-order valence-corrected chi connectivity index (χ1v) is 4.04. The summed E-state index contributed by atoms with van der Waals surface area (Å²) in [6.45, 7) is 12.0. The predicted octanol–water partition coefficient (Wildman–Crippen LogP) is 3.74. The molecule has 0 fully saturated rings. The van der Waals surface area contributed by atoms with Gasteiger partial charge in [-0.25, -0.2) is 0 Å². The van der Waals surface area contributed by atoms with Gasteiger partial charge in [0, 0.05) is 6.21 Å². The third-order valence-corrected chi connectivity index (χ3v) is 1.67. The van der Waals surface area contributed by atoms with Gasteiger partial charge in [-0.1, -0.05) is 33.9 Å². The Hall–Kier alpha value is -1.06. The standard InChI is InChI=1S/C10H14F3N/c1-7(9(3,4)5)6-14-8(2)10(11,12)13/h6H,1-2H2,3-5H3. The minimum Gasteiger partial charge on any atom is -0.252 e. The van der Waals surface area contributed by atoms with E-state index in [1.54, 1.807) is 0 Å². The van der Waals surface area contributed by atoms with E-state index in [9.17, 15) is 13.2 Å². The van der Waals surface area contributed by atoms with Crippen molar-refractivity contribution in [3.8, 4) is 0 Å². The molecule has 0 atom stereocenters. The molecule has 0 spiro atoms. The van der Waals surface area contributed by atoms with Crippen LogP contribution in [0.15, 0.2) is 29.4 Å². The van der Waals surface area contributed by atoms with E-state index in [1.165, 1.54) is 0 Å². The number of halogens is 3. The van der Waals surface area contributed by atoms with Gasteiger partial charge in [0.05, 0.1) is 0 Å². The zero-order valence-corrected chi connectivity index (χ0v) is 8.57. The molecular weight excluding hydrogens is 191 g/mol. The lowest BCUT2D eigenvalue weighted by atomic mass is 9.88. The van der Waals surface area contributed by atoms with Crippen LogP contribution in [-0.4, -0.2) is 12.4 Å². The molecule has 0 aliphatic heterocycles. The molecule has 14 heavy (non-hydrogen) atoms. The van der Waals surface area contributed by atoms with Gasteiger partial charge >= 0.3 is 6.18 Å². The number of allylic oxidation sites excluding steroid dienone is 2. The normalized spacial score (nSPS) is 13.3. The second-order valence-electron chi connectivity index (χ2n) is 3.98. The highest BCUT2D eigenvalue weighted by molar-refractivity contribution is 5.80. The van der Waals surface area contributed by atoms with Gasteiger partial charge in [0.1, 0.15) is 5.70 Å². The zero-order valence-electron chi connectivity index (χ0n) is 8.57. The highest BCUT2D eigenvalue weighted by Crippen LogP contribution is 2.26. The van der Waals surface area contributed by atoms with E-state index in [4.69, 9.17) is 0 Å². The SMILES string of the molecule is C=C(C=NC(=C)C(F)(F)F)C(C)(C)C. The lowest BCUT2D eigenvalue weighted by molar-refractivity contribution is -0.0918. The third kappa shape index (κ3) is 4.25. The van der Waals surface area contributed by atoms with E-state index >= 15 is 0 Å². The molecule has 0 N–H and O–H groups in total. The summed E-state index contributed by atoms with van der Waals surface area (Å²) in [5.41, 5.74) is -0.860. The Balaban J connectivity index is 4.49. The van der Waals surface area contributed by atoms with E-state index in [1.807, 2.05) is 20.8 Å². The molecule has 0 aliphatic rings.